The van der Waals surface area contributed by atoms with E-state index in [1.807, 2.05) is 6.92 Å². The van der Waals surface area contributed by atoms with Crippen molar-refractivity contribution < 1.29 is 26.8 Å². The molecule has 11 heteroatoms. The lowest BCUT2D eigenvalue weighted by molar-refractivity contribution is -0.119. The number of furan rings is 1. The molecular formula is C22H21N3O6S2. The molecule has 2 aromatic heterocycles. The van der Waals surface area contributed by atoms with E-state index >= 15 is 0 Å². The van der Waals surface area contributed by atoms with Crippen LogP contribution in [0.1, 0.15) is 18.7 Å². The lowest BCUT2D eigenvalue weighted by atomic mass is 10.2. The van der Waals surface area contributed by atoms with Gasteiger partial charge in [-0.05, 0) is 61.5 Å². The normalized spacial score (nSPS) is 12.4. The van der Waals surface area contributed by atoms with Gasteiger partial charge in [0, 0.05) is 5.69 Å². The van der Waals surface area contributed by atoms with Crippen LogP contribution in [0, 0.1) is 0 Å². The van der Waals surface area contributed by atoms with Gasteiger partial charge in [-0.2, -0.15) is 0 Å². The number of hydrogen-bond donors (Lipinski definition) is 2. The van der Waals surface area contributed by atoms with Gasteiger partial charge < -0.3 is 18.9 Å². The van der Waals surface area contributed by atoms with E-state index in [0.717, 1.165) is 11.8 Å². The van der Waals surface area contributed by atoms with Crippen LogP contribution in [0.15, 0.2) is 79.8 Å². The Labute approximate surface area is 194 Å². The Bertz CT molecular complexity index is 1350. The van der Waals surface area contributed by atoms with Crippen LogP contribution in [0.5, 0.6) is 5.75 Å². The summed E-state index contributed by atoms with van der Waals surface area (Å²) in [4.78, 5) is 16.5. The van der Waals surface area contributed by atoms with Crippen molar-refractivity contribution in [3.63, 3.8) is 0 Å². The van der Waals surface area contributed by atoms with Crippen molar-refractivity contribution in [1.82, 2.24) is 10.3 Å². The first kappa shape index (κ1) is 22.7. The SMILES string of the molecule is COc1ccc(NS(=O)(=O)c2ccc3oc(SCC(=O)N[C@H](C)c4ccco4)nc3c2)cc1. The summed E-state index contributed by atoms with van der Waals surface area (Å²) in [7, 11) is -2.29. The Morgan fingerprint density at radius 1 is 1.18 bits per heavy atom. The van der Waals surface area contributed by atoms with Crippen molar-refractivity contribution in [3.05, 3.63) is 66.6 Å². The third-order valence-electron chi connectivity index (χ3n) is 4.67. The molecule has 172 valence electrons. The number of benzene rings is 2. The van der Waals surface area contributed by atoms with Crippen LogP contribution in [-0.4, -0.2) is 32.2 Å². The predicted molar refractivity (Wildman–Crippen MR) is 124 cm³/mol. The van der Waals surface area contributed by atoms with Gasteiger partial charge in [0.25, 0.3) is 15.2 Å². The number of sulfonamides is 1. The predicted octanol–water partition coefficient (Wildman–Crippen LogP) is 4.20. The molecule has 1 amide bonds. The van der Waals surface area contributed by atoms with Gasteiger partial charge in [0.15, 0.2) is 5.58 Å². The summed E-state index contributed by atoms with van der Waals surface area (Å²) in [6.07, 6.45) is 1.55. The number of thioether (sulfide) groups is 1. The van der Waals surface area contributed by atoms with Crippen molar-refractivity contribution in [2.24, 2.45) is 0 Å². The number of nitrogens with one attached hydrogen (secondary N) is 2. The van der Waals surface area contributed by atoms with Crippen molar-refractivity contribution in [1.29, 1.82) is 0 Å². The zero-order valence-electron chi connectivity index (χ0n) is 17.8. The molecule has 0 fully saturated rings. The topological polar surface area (TPSA) is 124 Å². The summed E-state index contributed by atoms with van der Waals surface area (Å²) >= 11 is 1.12. The molecule has 2 N–H and O–H groups in total. The summed E-state index contributed by atoms with van der Waals surface area (Å²) in [6, 6.07) is 14.2. The van der Waals surface area contributed by atoms with E-state index in [2.05, 4.69) is 15.0 Å². The van der Waals surface area contributed by atoms with Gasteiger partial charge in [0.2, 0.25) is 5.91 Å². The van der Waals surface area contributed by atoms with Crippen LogP contribution in [0.3, 0.4) is 0 Å². The Morgan fingerprint density at radius 3 is 2.67 bits per heavy atom. The van der Waals surface area contributed by atoms with Crippen LogP contribution in [-0.2, 0) is 14.8 Å². The van der Waals surface area contributed by atoms with Gasteiger partial charge in [-0.15, -0.1) is 0 Å². The molecule has 0 saturated carbocycles. The molecule has 2 heterocycles. The highest BCUT2D eigenvalue weighted by Gasteiger charge is 2.18. The van der Waals surface area contributed by atoms with Crippen molar-refractivity contribution >= 4 is 44.5 Å². The highest BCUT2D eigenvalue weighted by atomic mass is 32.2. The van der Waals surface area contributed by atoms with E-state index in [9.17, 15) is 13.2 Å². The molecule has 0 aliphatic carbocycles. The van der Waals surface area contributed by atoms with Gasteiger partial charge in [-0.3, -0.25) is 9.52 Å². The number of aromatic nitrogens is 1. The van der Waals surface area contributed by atoms with Gasteiger partial charge in [-0.1, -0.05) is 11.8 Å². The average molecular weight is 488 g/mol. The number of nitrogens with zero attached hydrogens (tertiary/aromatic N) is 1. The number of carbonyl (C=O) groups excluding carboxylic acids is 1. The van der Waals surface area contributed by atoms with Gasteiger partial charge in [0.05, 0.1) is 30.1 Å². The smallest absolute Gasteiger partial charge is 0.261 e. The summed E-state index contributed by atoms with van der Waals surface area (Å²) < 4.78 is 44.0. The second kappa shape index (κ2) is 9.59. The van der Waals surface area contributed by atoms with E-state index < -0.39 is 10.0 Å². The van der Waals surface area contributed by atoms with Crippen LogP contribution in [0.25, 0.3) is 11.1 Å². The lowest BCUT2D eigenvalue weighted by Gasteiger charge is -2.10. The van der Waals surface area contributed by atoms with Crippen LogP contribution >= 0.6 is 11.8 Å². The second-order valence-electron chi connectivity index (χ2n) is 7.04. The summed E-state index contributed by atoms with van der Waals surface area (Å²) in [6.45, 7) is 1.82. The maximum absolute atomic E-state index is 12.8. The fraction of sp³-hybridized carbons (Fsp3) is 0.182. The summed E-state index contributed by atoms with van der Waals surface area (Å²) in [5, 5.41) is 3.09. The third-order valence-corrected chi connectivity index (χ3v) is 6.87. The number of ether oxygens (including phenoxy) is 1. The molecular weight excluding hydrogens is 466 g/mol. The zero-order chi connectivity index (χ0) is 23.4. The minimum absolute atomic E-state index is 0.0423. The first-order chi connectivity index (χ1) is 15.8. The Morgan fingerprint density at radius 2 is 1.97 bits per heavy atom. The number of carbonyl (C=O) groups is 1. The molecule has 0 radical (unpaired) electrons. The average Bonchev–Trinajstić information content (AvgIpc) is 3.47. The molecule has 0 aliphatic heterocycles. The number of oxazole rings is 1. The van der Waals surface area contributed by atoms with Gasteiger partial charge in [0.1, 0.15) is 17.0 Å². The Balaban J connectivity index is 1.41. The van der Waals surface area contributed by atoms with Gasteiger partial charge in [-0.25, -0.2) is 13.4 Å². The van der Waals surface area contributed by atoms with E-state index in [1.165, 1.54) is 25.3 Å². The molecule has 0 saturated heterocycles. The molecule has 4 rings (SSSR count). The standard InChI is InChI=1S/C22H21N3O6S2/c1-14(19-4-3-11-30-19)23-21(26)13-32-22-24-18-12-17(9-10-20(18)31-22)33(27,28)25-15-5-7-16(29-2)8-6-15/h3-12,14,25H,13H2,1-2H3,(H,23,26)/t14-/m1/s1. The number of anilines is 1. The van der Waals surface area contributed by atoms with Crippen molar-refractivity contribution in [2.45, 2.75) is 23.1 Å². The van der Waals surface area contributed by atoms with Crippen LogP contribution < -0.4 is 14.8 Å². The fourth-order valence-electron chi connectivity index (χ4n) is 3.01. The van der Waals surface area contributed by atoms with E-state index in [4.69, 9.17) is 13.6 Å². The fourth-order valence-corrected chi connectivity index (χ4v) is 4.74. The van der Waals surface area contributed by atoms with E-state index in [1.54, 1.807) is 42.7 Å². The molecule has 4 aromatic rings. The first-order valence-electron chi connectivity index (χ1n) is 9.87. The maximum atomic E-state index is 12.8. The van der Waals surface area contributed by atoms with Crippen LogP contribution in [0.4, 0.5) is 5.69 Å². The number of fused-ring (bicyclic) bond motifs is 1. The molecule has 0 aliphatic rings. The molecule has 0 spiro atoms. The second-order valence-corrected chi connectivity index (χ2v) is 9.65. The summed E-state index contributed by atoms with van der Waals surface area (Å²) in [5.74, 6) is 1.16. The number of hydrogen-bond acceptors (Lipinski definition) is 8. The molecule has 1 atom stereocenters. The van der Waals surface area contributed by atoms with E-state index in [0.29, 0.717) is 28.3 Å². The summed E-state index contributed by atoms with van der Waals surface area (Å²) in [5.41, 5.74) is 1.20. The van der Waals surface area contributed by atoms with Crippen molar-refractivity contribution in [2.75, 3.05) is 17.6 Å². The largest absolute Gasteiger partial charge is 0.497 e. The zero-order valence-corrected chi connectivity index (χ0v) is 19.4. The van der Waals surface area contributed by atoms with Crippen LogP contribution in [0.2, 0.25) is 0 Å². The molecule has 9 nitrogen and oxygen atoms in total. The minimum atomic E-state index is -3.83. The maximum Gasteiger partial charge on any atom is 0.261 e. The molecule has 33 heavy (non-hydrogen) atoms. The lowest BCUT2D eigenvalue weighted by Crippen LogP contribution is -2.27. The number of methoxy groups -OCH3 is 1. The Kier molecular flexibility index (Phi) is 6.61. The third kappa shape index (κ3) is 5.49. The molecule has 2 aromatic carbocycles. The number of rotatable bonds is 9. The highest BCUT2D eigenvalue weighted by Crippen LogP contribution is 2.27. The minimum Gasteiger partial charge on any atom is -0.497 e. The highest BCUT2D eigenvalue weighted by molar-refractivity contribution is 7.99. The number of amides is 1. The molecule has 0 bridgehead atoms. The van der Waals surface area contributed by atoms with Gasteiger partial charge >= 0.3 is 0 Å². The quantitative estimate of drug-likeness (QED) is 0.337. The monoisotopic (exact) mass is 487 g/mol. The first-order valence-corrected chi connectivity index (χ1v) is 12.3. The van der Waals surface area contributed by atoms with E-state index in [-0.39, 0.29) is 27.8 Å². The van der Waals surface area contributed by atoms with Crippen molar-refractivity contribution in [3.8, 4) is 5.75 Å². The molecule has 0 unspecified atom stereocenters. The Hall–Kier alpha value is -3.44.